The number of unbranched alkanes of at least 4 members (excludes halogenated alkanes) is 2. The first-order valence-electron chi connectivity index (χ1n) is 25.5. The van der Waals surface area contributed by atoms with Crippen molar-refractivity contribution in [1.82, 2.24) is 0 Å². The number of carboxylic acids is 1. The summed E-state index contributed by atoms with van der Waals surface area (Å²) in [4.78, 5) is 12.7. The zero-order valence-corrected chi connectivity index (χ0v) is 46.0. The normalized spacial score (nSPS) is 18.4. The molecule has 0 amide bonds. The van der Waals surface area contributed by atoms with E-state index in [0.717, 1.165) is 22.8 Å². The van der Waals surface area contributed by atoms with Crippen LogP contribution in [0.25, 0.3) is 0 Å². The lowest BCUT2D eigenvalue weighted by atomic mass is 9.76. The van der Waals surface area contributed by atoms with Gasteiger partial charge >= 0.3 is 5.97 Å². The maximum Gasteiger partial charge on any atom is 0.303 e. The second-order valence-corrected chi connectivity index (χ2v) is 20.9. The van der Waals surface area contributed by atoms with Gasteiger partial charge in [0.1, 0.15) is 26.8 Å². The molecule has 1 N–H and O–H groups in total. The molecule has 0 aliphatic carbocycles. The van der Waals surface area contributed by atoms with Crippen LogP contribution in [0.5, 0.6) is 0 Å². The molecule has 75 heavy (non-hydrogen) atoms. The van der Waals surface area contributed by atoms with Crippen molar-refractivity contribution in [2.45, 2.75) is 79.9 Å². The van der Waals surface area contributed by atoms with Gasteiger partial charge in [-0.05, 0) is 88.4 Å². The van der Waals surface area contributed by atoms with Gasteiger partial charge in [0.15, 0.2) is 5.71 Å². The SMILES string of the molecule is CCN1/C(=C/C=C/C=C/C2=[N+](CCCCCC(=O)O)c3ccc(S(=O)(=O)[O-])cc3C2(C)CCOCCOCCOCCOCCOC)C(C)(CCOCCOCCOCCOCCOC)c2cc(S(=O)(=O)[O-])ccc21. The molecule has 2 aliphatic rings. The highest BCUT2D eigenvalue weighted by Crippen LogP contribution is 2.50. The molecule has 0 bridgehead atoms. The molecular formula is C53H79N2O18S2-. The number of allylic oxidation sites excluding steroid dienone is 6. The molecule has 0 saturated carbocycles. The highest BCUT2D eigenvalue weighted by Gasteiger charge is 2.48. The van der Waals surface area contributed by atoms with Crippen LogP contribution in [-0.4, -0.2) is 194 Å². The number of benzene rings is 2. The Bertz CT molecular complexity index is 2410. The number of hydrogen-bond donors (Lipinski definition) is 1. The zero-order chi connectivity index (χ0) is 54.6. The minimum absolute atomic E-state index is 0.0405. The molecule has 0 spiro atoms. The summed E-state index contributed by atoms with van der Waals surface area (Å²) < 4.78 is 131. The zero-order valence-electron chi connectivity index (χ0n) is 44.3. The van der Waals surface area contributed by atoms with Gasteiger partial charge in [0.25, 0.3) is 0 Å². The van der Waals surface area contributed by atoms with E-state index in [1.807, 2.05) is 51.2 Å². The number of carbonyl (C=O) groups is 1. The predicted octanol–water partition coefficient (Wildman–Crippen LogP) is 5.50. The molecule has 20 nitrogen and oxygen atoms in total. The summed E-state index contributed by atoms with van der Waals surface area (Å²) in [5.74, 6) is -0.871. The van der Waals surface area contributed by atoms with Gasteiger partial charge < -0.3 is 66.5 Å². The second kappa shape index (κ2) is 33.3. The van der Waals surface area contributed by atoms with Crippen LogP contribution in [0.4, 0.5) is 11.4 Å². The van der Waals surface area contributed by atoms with Crippen molar-refractivity contribution in [3.05, 3.63) is 83.6 Å². The molecule has 0 fully saturated rings. The molecule has 4 rings (SSSR count). The molecule has 2 aromatic rings. The smallest absolute Gasteiger partial charge is 0.303 e. The van der Waals surface area contributed by atoms with E-state index in [1.165, 1.54) is 24.3 Å². The van der Waals surface area contributed by atoms with Crippen LogP contribution < -0.4 is 4.90 Å². The number of anilines is 1. The standard InChI is InChI=1S/C53H80N2O18S2/c1-6-54-47-18-16-43(74(58,59)60)41-45(47)52(2,20-23-66-29-31-70-37-39-72-35-33-68-27-25-64-4)49(54)13-9-7-10-14-50-53(3,21-24-67-30-32-71-38-40-73-36-34-69-28-26-65-5)46-42-44(75(61,62)63)17-19-48(46)55(50)22-12-8-11-15-51(56)57/h7,9-10,13-14,16-19,41-42H,6,8,11-12,15,20-40H2,1-5H3,(H2-,56,57,58,59,60,61,62,63)/p-1. The fraction of sp³-hybridized carbons (Fsp3) is 0.623. The molecule has 2 heterocycles. The van der Waals surface area contributed by atoms with Crippen LogP contribution in [0.2, 0.25) is 0 Å². The summed E-state index contributed by atoms with van der Waals surface area (Å²) in [7, 11) is -6.33. The van der Waals surface area contributed by atoms with Crippen LogP contribution >= 0.6 is 0 Å². The van der Waals surface area contributed by atoms with Gasteiger partial charge in [0, 0.05) is 81.3 Å². The number of ether oxygens (including phenoxy) is 10. The number of likely N-dealkylation sites (N-methyl/N-ethyl adjacent to an activating group) is 1. The summed E-state index contributed by atoms with van der Waals surface area (Å²) in [6, 6.07) is 8.87. The minimum Gasteiger partial charge on any atom is -0.744 e. The van der Waals surface area contributed by atoms with Crippen LogP contribution in [0.3, 0.4) is 0 Å². The third-order valence-corrected chi connectivity index (χ3v) is 14.6. The van der Waals surface area contributed by atoms with Gasteiger partial charge in [-0.25, -0.2) is 16.8 Å². The molecular weight excluding hydrogens is 1020 g/mol. The Balaban J connectivity index is 1.54. The lowest BCUT2D eigenvalue weighted by molar-refractivity contribution is -0.438. The Morgan fingerprint density at radius 2 is 1.05 bits per heavy atom. The maximum atomic E-state index is 12.4. The number of carboxylic acid groups (broad SMARTS) is 1. The summed E-state index contributed by atoms with van der Waals surface area (Å²) in [5.41, 5.74) is 2.94. The third-order valence-electron chi connectivity index (χ3n) is 12.9. The van der Waals surface area contributed by atoms with Gasteiger partial charge in [-0.15, -0.1) is 0 Å². The van der Waals surface area contributed by atoms with Gasteiger partial charge in [0.2, 0.25) is 5.69 Å². The Morgan fingerprint density at radius 1 is 0.600 bits per heavy atom. The van der Waals surface area contributed by atoms with E-state index in [-0.39, 0.29) is 22.8 Å². The van der Waals surface area contributed by atoms with Crippen LogP contribution in [0.1, 0.15) is 70.4 Å². The van der Waals surface area contributed by atoms with Crippen molar-refractivity contribution in [2.24, 2.45) is 0 Å². The van der Waals surface area contributed by atoms with Crippen LogP contribution in [0, 0.1) is 0 Å². The highest BCUT2D eigenvalue weighted by atomic mass is 32.2. The van der Waals surface area contributed by atoms with E-state index in [1.54, 1.807) is 26.4 Å². The summed E-state index contributed by atoms with van der Waals surface area (Å²) in [6.45, 7) is 14.3. The number of nitrogens with zero attached hydrogens (tertiary/aromatic N) is 2. The number of methoxy groups -OCH3 is 2. The van der Waals surface area contributed by atoms with E-state index in [2.05, 4.69) is 9.48 Å². The summed E-state index contributed by atoms with van der Waals surface area (Å²) >= 11 is 0. The summed E-state index contributed by atoms with van der Waals surface area (Å²) in [5, 5.41) is 9.26. The molecule has 2 atom stereocenters. The maximum absolute atomic E-state index is 12.4. The van der Waals surface area contributed by atoms with Crippen LogP contribution in [0.15, 0.2) is 82.3 Å². The second-order valence-electron chi connectivity index (χ2n) is 18.1. The molecule has 2 aromatic carbocycles. The number of fused-ring (bicyclic) bond motifs is 2. The quantitative estimate of drug-likeness (QED) is 0.0373. The lowest BCUT2D eigenvalue weighted by Crippen LogP contribution is -2.33. The first-order chi connectivity index (χ1) is 36.0. The third kappa shape index (κ3) is 20.4. The molecule has 22 heteroatoms. The molecule has 2 aliphatic heterocycles. The van der Waals surface area contributed by atoms with Crippen molar-refractivity contribution in [1.29, 1.82) is 0 Å². The highest BCUT2D eigenvalue weighted by molar-refractivity contribution is 7.86. The minimum atomic E-state index is -4.80. The van der Waals surface area contributed by atoms with Crippen molar-refractivity contribution in [3.8, 4) is 0 Å². The molecule has 422 valence electrons. The van der Waals surface area contributed by atoms with E-state index in [4.69, 9.17) is 47.4 Å². The lowest BCUT2D eigenvalue weighted by Gasteiger charge is -2.30. The topological polar surface area (TPSA) is 250 Å². The first-order valence-corrected chi connectivity index (χ1v) is 28.3. The van der Waals surface area contributed by atoms with Gasteiger partial charge in [-0.2, -0.15) is 4.58 Å². The Labute approximate surface area is 444 Å². The van der Waals surface area contributed by atoms with Crippen molar-refractivity contribution in [3.63, 3.8) is 0 Å². The molecule has 0 radical (unpaired) electrons. The van der Waals surface area contributed by atoms with Crippen LogP contribution in [-0.2, 0) is 83.2 Å². The van der Waals surface area contributed by atoms with Gasteiger partial charge in [0.05, 0.1) is 121 Å². The van der Waals surface area contributed by atoms with Crippen molar-refractivity contribution >= 4 is 43.3 Å². The Hall–Kier alpha value is -3.98. The number of aliphatic carboxylic acids is 1. The van der Waals surface area contributed by atoms with Gasteiger partial charge in [-0.3, -0.25) is 4.79 Å². The Kier molecular flexibility index (Phi) is 28.3. The monoisotopic (exact) mass is 1100 g/mol. The van der Waals surface area contributed by atoms with E-state index in [0.29, 0.717) is 169 Å². The van der Waals surface area contributed by atoms with Gasteiger partial charge in [-0.1, -0.05) is 18.2 Å². The van der Waals surface area contributed by atoms with E-state index < -0.39 is 37.0 Å². The van der Waals surface area contributed by atoms with Crippen molar-refractivity contribution < 1.29 is 87.8 Å². The fourth-order valence-electron chi connectivity index (χ4n) is 8.92. The van der Waals surface area contributed by atoms with Crippen molar-refractivity contribution in [2.75, 3.05) is 151 Å². The van der Waals surface area contributed by atoms with E-state index in [9.17, 15) is 35.8 Å². The average molecular weight is 1100 g/mol. The average Bonchev–Trinajstić information content (AvgIpc) is 3.75. The Morgan fingerprint density at radius 3 is 1.52 bits per heavy atom. The fourth-order valence-corrected chi connectivity index (χ4v) is 9.92. The number of hydrogen-bond acceptors (Lipinski definition) is 18. The summed E-state index contributed by atoms with van der Waals surface area (Å²) in [6.07, 6.45) is 12.2. The van der Waals surface area contributed by atoms with E-state index >= 15 is 0 Å². The molecule has 0 saturated heterocycles. The molecule has 0 aromatic heterocycles. The largest absolute Gasteiger partial charge is 0.744 e. The first kappa shape index (κ1) is 63.6. The number of rotatable bonds is 42. The predicted molar refractivity (Wildman–Crippen MR) is 278 cm³/mol. The molecule has 2 unspecified atom stereocenters.